The third-order valence-corrected chi connectivity index (χ3v) is 4.42. The standard InChI is InChI=1S/C15H20N4O2S/c1-17-7-9-18(10-8-17)11-19-15(22)21-14(16-19)12-3-5-13(20-2)6-4-12/h3-6H,7-11H2,1-2H3/p+2. The highest BCUT2D eigenvalue weighted by Crippen LogP contribution is 2.20. The Hall–Kier alpha value is -1.70. The zero-order valence-electron chi connectivity index (χ0n) is 13.0. The molecule has 7 heteroatoms. The van der Waals surface area contributed by atoms with Crippen LogP contribution in [0.15, 0.2) is 28.7 Å². The van der Waals surface area contributed by atoms with Crippen LogP contribution in [0.3, 0.4) is 0 Å². The Balaban J connectivity index is 1.74. The third kappa shape index (κ3) is 3.37. The van der Waals surface area contributed by atoms with Gasteiger partial charge >= 0.3 is 0 Å². The normalized spacial score (nSPS) is 21.7. The van der Waals surface area contributed by atoms with Gasteiger partial charge in [0.15, 0.2) is 6.67 Å². The summed E-state index contributed by atoms with van der Waals surface area (Å²) in [4.78, 5) is 3.52. The van der Waals surface area contributed by atoms with Crippen LogP contribution in [0.1, 0.15) is 0 Å². The van der Waals surface area contributed by atoms with Crippen LogP contribution in [0, 0.1) is 4.84 Å². The Morgan fingerprint density at radius 3 is 2.55 bits per heavy atom. The summed E-state index contributed by atoms with van der Waals surface area (Å²) in [5.41, 5.74) is 0.906. The molecular weight excluding hydrogens is 300 g/mol. The van der Waals surface area contributed by atoms with E-state index < -0.39 is 0 Å². The summed E-state index contributed by atoms with van der Waals surface area (Å²) in [5, 5.41) is 4.53. The smallest absolute Gasteiger partial charge is 0.292 e. The van der Waals surface area contributed by atoms with Crippen molar-refractivity contribution in [1.82, 2.24) is 9.78 Å². The number of quaternary nitrogens is 2. The fourth-order valence-corrected chi connectivity index (χ4v) is 2.84. The van der Waals surface area contributed by atoms with Crippen molar-refractivity contribution in [3.8, 4) is 17.2 Å². The molecule has 1 aliphatic rings. The number of piperazine rings is 1. The molecule has 1 aliphatic heterocycles. The van der Waals surface area contributed by atoms with Crippen LogP contribution in [0.5, 0.6) is 5.75 Å². The van der Waals surface area contributed by atoms with Gasteiger partial charge in [-0.15, -0.1) is 5.10 Å². The second-order valence-corrected chi connectivity index (χ2v) is 6.12. The zero-order valence-corrected chi connectivity index (χ0v) is 13.8. The summed E-state index contributed by atoms with van der Waals surface area (Å²) in [7, 11) is 3.89. The summed E-state index contributed by atoms with van der Waals surface area (Å²) in [6.45, 7) is 5.42. The lowest BCUT2D eigenvalue weighted by Crippen LogP contribution is -3.26. The Kier molecular flexibility index (Phi) is 4.56. The van der Waals surface area contributed by atoms with Crippen LogP contribution in [-0.4, -0.2) is 50.1 Å². The minimum absolute atomic E-state index is 0.435. The van der Waals surface area contributed by atoms with Gasteiger partial charge in [-0.2, -0.15) is 4.68 Å². The van der Waals surface area contributed by atoms with Crippen LogP contribution in [0.4, 0.5) is 0 Å². The van der Waals surface area contributed by atoms with Crippen LogP contribution in [0.25, 0.3) is 11.5 Å². The number of rotatable bonds is 4. The number of likely N-dealkylation sites (N-methyl/N-ethyl adjacent to an activating group) is 1. The molecule has 6 nitrogen and oxygen atoms in total. The van der Waals surface area contributed by atoms with E-state index in [1.54, 1.807) is 16.7 Å². The van der Waals surface area contributed by atoms with E-state index >= 15 is 0 Å². The van der Waals surface area contributed by atoms with Gasteiger partial charge in [-0.3, -0.25) is 0 Å². The third-order valence-electron chi connectivity index (χ3n) is 4.13. The van der Waals surface area contributed by atoms with E-state index in [1.807, 2.05) is 24.3 Å². The second-order valence-electron chi connectivity index (χ2n) is 5.77. The van der Waals surface area contributed by atoms with Gasteiger partial charge in [0.2, 0.25) is 5.89 Å². The zero-order chi connectivity index (χ0) is 15.5. The fourth-order valence-electron chi connectivity index (χ4n) is 2.66. The van der Waals surface area contributed by atoms with Gasteiger partial charge in [0.1, 0.15) is 31.9 Å². The lowest BCUT2D eigenvalue weighted by Gasteiger charge is -2.26. The van der Waals surface area contributed by atoms with Crippen molar-refractivity contribution in [3.63, 3.8) is 0 Å². The Bertz CT molecular complexity index is 672. The summed E-state index contributed by atoms with van der Waals surface area (Å²) < 4.78 is 12.6. The molecule has 0 unspecified atom stereocenters. The number of aromatic nitrogens is 2. The molecule has 0 saturated carbocycles. The molecule has 22 heavy (non-hydrogen) atoms. The van der Waals surface area contributed by atoms with Crippen molar-refractivity contribution in [1.29, 1.82) is 0 Å². The van der Waals surface area contributed by atoms with Crippen LogP contribution in [0.2, 0.25) is 0 Å². The molecule has 1 aromatic heterocycles. The van der Waals surface area contributed by atoms with Gasteiger partial charge in [0.05, 0.1) is 14.2 Å². The molecule has 2 aromatic rings. The maximum Gasteiger partial charge on any atom is 0.292 e. The maximum atomic E-state index is 5.64. The molecule has 1 saturated heterocycles. The molecule has 0 aliphatic carbocycles. The van der Waals surface area contributed by atoms with Crippen LogP contribution in [-0.2, 0) is 6.67 Å². The van der Waals surface area contributed by atoms with Crippen molar-refractivity contribution in [2.24, 2.45) is 0 Å². The topological polar surface area (TPSA) is 49.1 Å². The number of nitrogens with one attached hydrogen (secondary N) is 2. The van der Waals surface area contributed by atoms with Gasteiger partial charge in [-0.1, -0.05) is 0 Å². The average molecular weight is 322 g/mol. The number of hydrogen-bond acceptors (Lipinski definition) is 4. The monoisotopic (exact) mass is 322 g/mol. The van der Waals surface area contributed by atoms with Gasteiger partial charge in [-0.05, 0) is 36.5 Å². The van der Waals surface area contributed by atoms with Crippen molar-refractivity contribution in [2.75, 3.05) is 40.3 Å². The lowest BCUT2D eigenvalue weighted by atomic mass is 10.2. The molecule has 1 fully saturated rings. The summed E-state index contributed by atoms with van der Waals surface area (Å²) in [5.74, 6) is 1.37. The first kappa shape index (κ1) is 15.2. The van der Waals surface area contributed by atoms with Crippen molar-refractivity contribution < 1.29 is 19.0 Å². The van der Waals surface area contributed by atoms with Crippen molar-refractivity contribution in [2.45, 2.75) is 6.67 Å². The highest BCUT2D eigenvalue weighted by Gasteiger charge is 2.21. The van der Waals surface area contributed by atoms with Gasteiger partial charge < -0.3 is 19.0 Å². The minimum Gasteiger partial charge on any atom is -0.497 e. The molecule has 118 valence electrons. The average Bonchev–Trinajstić information content (AvgIpc) is 2.91. The second kappa shape index (κ2) is 6.60. The lowest BCUT2D eigenvalue weighted by molar-refractivity contribution is -1.02. The largest absolute Gasteiger partial charge is 0.497 e. The first-order chi connectivity index (χ1) is 10.7. The Morgan fingerprint density at radius 2 is 1.91 bits per heavy atom. The molecule has 0 radical (unpaired) electrons. The minimum atomic E-state index is 0.435. The maximum absolute atomic E-state index is 5.64. The van der Waals surface area contributed by atoms with Gasteiger partial charge in [0, 0.05) is 5.56 Å². The van der Waals surface area contributed by atoms with Crippen molar-refractivity contribution in [3.05, 3.63) is 29.1 Å². The number of benzene rings is 1. The van der Waals surface area contributed by atoms with E-state index in [2.05, 4.69) is 12.1 Å². The highest BCUT2D eigenvalue weighted by molar-refractivity contribution is 7.71. The van der Waals surface area contributed by atoms with Crippen LogP contribution < -0.4 is 14.5 Å². The van der Waals surface area contributed by atoms with E-state index in [4.69, 9.17) is 21.4 Å². The first-order valence-electron chi connectivity index (χ1n) is 7.53. The SMILES string of the molecule is COc1ccc(-c2nn(C[NH+]3CC[NH+](C)CC3)c(=S)o2)cc1. The molecule has 1 aromatic carbocycles. The first-order valence-corrected chi connectivity index (χ1v) is 7.94. The quantitative estimate of drug-likeness (QED) is 0.728. The van der Waals surface area contributed by atoms with E-state index in [0.29, 0.717) is 10.7 Å². The Labute approximate surface area is 134 Å². The van der Waals surface area contributed by atoms with Crippen LogP contribution >= 0.6 is 12.2 Å². The molecule has 0 atom stereocenters. The summed E-state index contributed by atoms with van der Waals surface area (Å²) in [6, 6.07) is 7.63. The molecule has 0 spiro atoms. The molecule has 0 amide bonds. The van der Waals surface area contributed by atoms with E-state index in [-0.39, 0.29) is 0 Å². The Morgan fingerprint density at radius 1 is 1.23 bits per heavy atom. The highest BCUT2D eigenvalue weighted by atomic mass is 32.1. The molecule has 0 bridgehead atoms. The molecule has 3 rings (SSSR count). The van der Waals surface area contributed by atoms with Gasteiger partial charge in [-0.25, -0.2) is 0 Å². The van der Waals surface area contributed by atoms with E-state index in [9.17, 15) is 0 Å². The van der Waals surface area contributed by atoms with E-state index in [0.717, 1.165) is 31.1 Å². The predicted octanol–water partition coefficient (Wildman–Crippen LogP) is -0.748. The summed E-state index contributed by atoms with van der Waals surface area (Å²) >= 11 is 5.30. The number of nitrogens with zero attached hydrogens (tertiary/aromatic N) is 2. The fraction of sp³-hybridized carbons (Fsp3) is 0.467. The number of ether oxygens (including phenoxy) is 1. The predicted molar refractivity (Wildman–Crippen MR) is 84.6 cm³/mol. The molecule has 2 heterocycles. The summed E-state index contributed by atoms with van der Waals surface area (Å²) in [6.07, 6.45) is 0. The van der Waals surface area contributed by atoms with Crippen molar-refractivity contribution >= 4 is 12.2 Å². The number of hydrogen-bond donors (Lipinski definition) is 2. The molecular formula is C15H22N4O2S+2. The molecule has 2 N–H and O–H groups in total. The van der Waals surface area contributed by atoms with Gasteiger partial charge in [0.25, 0.3) is 4.84 Å². The van der Waals surface area contributed by atoms with E-state index in [1.165, 1.54) is 18.0 Å². The number of methoxy groups -OCH3 is 1.